The summed E-state index contributed by atoms with van der Waals surface area (Å²) in [5.41, 5.74) is -1.54. The summed E-state index contributed by atoms with van der Waals surface area (Å²) in [5.74, 6) is -1.92. The Hall–Kier alpha value is -1.83. The van der Waals surface area contributed by atoms with E-state index in [1.54, 1.807) is 6.07 Å². The van der Waals surface area contributed by atoms with Crippen molar-refractivity contribution in [3.05, 3.63) is 34.6 Å². The first-order valence-corrected chi connectivity index (χ1v) is 4.00. The van der Waals surface area contributed by atoms with Gasteiger partial charge in [-0.15, -0.1) is 0 Å². The number of nitrogens with zero attached hydrogens (tertiary/aromatic N) is 1. The molecule has 1 rings (SSSR count). The van der Waals surface area contributed by atoms with E-state index in [1.165, 1.54) is 0 Å². The molecule has 0 atom stereocenters. The van der Waals surface area contributed by atoms with Gasteiger partial charge in [-0.3, -0.25) is 4.79 Å². The van der Waals surface area contributed by atoms with E-state index in [1.807, 2.05) is 0 Å². The third-order valence-corrected chi connectivity index (χ3v) is 1.86. The Labute approximate surface area is 83.9 Å². The summed E-state index contributed by atoms with van der Waals surface area (Å²) < 4.78 is 37.9. The molecule has 2 nitrogen and oxygen atoms in total. The first-order chi connectivity index (χ1) is 6.97. The van der Waals surface area contributed by atoms with Gasteiger partial charge in [0.2, 0.25) is 0 Å². The van der Waals surface area contributed by atoms with Crippen molar-refractivity contribution in [1.82, 2.24) is 0 Å². The maximum absolute atomic E-state index is 13.1. The molecule has 0 N–H and O–H groups in total. The predicted octanol–water partition coefficient (Wildman–Crippen LogP) is 2.84. The molecular formula is C10H6F3NO. The fourth-order valence-corrected chi connectivity index (χ4v) is 1.20. The van der Waals surface area contributed by atoms with Crippen molar-refractivity contribution in [3.8, 4) is 6.07 Å². The third kappa shape index (κ3) is 2.15. The average molecular weight is 213 g/mol. The van der Waals surface area contributed by atoms with E-state index in [0.717, 1.165) is 13.0 Å². The van der Waals surface area contributed by atoms with E-state index >= 15 is 0 Å². The van der Waals surface area contributed by atoms with Gasteiger partial charge < -0.3 is 0 Å². The van der Waals surface area contributed by atoms with E-state index in [2.05, 4.69) is 0 Å². The molecule has 15 heavy (non-hydrogen) atoms. The normalized spacial score (nSPS) is 10.1. The van der Waals surface area contributed by atoms with Gasteiger partial charge in [0.1, 0.15) is 5.82 Å². The zero-order valence-electron chi connectivity index (χ0n) is 7.72. The van der Waals surface area contributed by atoms with Gasteiger partial charge >= 0.3 is 0 Å². The molecule has 0 saturated carbocycles. The lowest BCUT2D eigenvalue weighted by Crippen LogP contribution is -2.04. The van der Waals surface area contributed by atoms with Crippen molar-refractivity contribution in [2.45, 2.75) is 13.3 Å². The fraction of sp³-hybridized carbons (Fsp3) is 0.200. The highest BCUT2D eigenvalue weighted by Crippen LogP contribution is 2.27. The standard InChI is InChI=1S/C10H6F3NO/c1-5(15)7-2-6(4-14)3-8(11)9(7)10(12)13/h2-3,10H,1H3. The number of benzene rings is 1. The van der Waals surface area contributed by atoms with Crippen LogP contribution in [0.5, 0.6) is 0 Å². The first kappa shape index (κ1) is 11.2. The van der Waals surface area contributed by atoms with Crippen LogP contribution < -0.4 is 0 Å². The number of nitriles is 1. The maximum Gasteiger partial charge on any atom is 0.267 e. The average Bonchev–Trinajstić information content (AvgIpc) is 2.15. The van der Waals surface area contributed by atoms with Crippen molar-refractivity contribution in [2.75, 3.05) is 0 Å². The molecule has 0 saturated heterocycles. The molecule has 0 aliphatic rings. The zero-order chi connectivity index (χ0) is 11.6. The number of hydrogen-bond acceptors (Lipinski definition) is 2. The van der Waals surface area contributed by atoms with Crippen LogP contribution in [0.1, 0.15) is 34.8 Å². The summed E-state index contributed by atoms with van der Waals surface area (Å²) in [6, 6.07) is 3.25. The maximum atomic E-state index is 13.1. The SMILES string of the molecule is CC(=O)c1cc(C#N)cc(F)c1C(F)F. The van der Waals surface area contributed by atoms with Gasteiger partial charge in [-0.05, 0) is 19.1 Å². The number of carbonyl (C=O) groups excluding carboxylic acids is 1. The second kappa shape index (κ2) is 4.13. The molecule has 0 amide bonds. The molecule has 0 bridgehead atoms. The predicted molar refractivity (Wildman–Crippen MR) is 46.1 cm³/mol. The number of halogens is 3. The van der Waals surface area contributed by atoms with Crippen LogP contribution in [0.2, 0.25) is 0 Å². The van der Waals surface area contributed by atoms with Gasteiger partial charge in [-0.1, -0.05) is 0 Å². The summed E-state index contributed by atoms with van der Waals surface area (Å²) in [4.78, 5) is 11.0. The van der Waals surface area contributed by atoms with E-state index in [0.29, 0.717) is 6.07 Å². The molecule has 0 fully saturated rings. The minimum atomic E-state index is -3.07. The highest BCUT2D eigenvalue weighted by molar-refractivity contribution is 5.96. The van der Waals surface area contributed by atoms with Crippen molar-refractivity contribution in [3.63, 3.8) is 0 Å². The molecule has 0 aliphatic carbocycles. The molecular weight excluding hydrogens is 207 g/mol. The topological polar surface area (TPSA) is 40.9 Å². The van der Waals surface area contributed by atoms with Crippen LogP contribution in [0.4, 0.5) is 13.2 Å². The van der Waals surface area contributed by atoms with E-state index in [-0.39, 0.29) is 5.56 Å². The second-order valence-electron chi connectivity index (χ2n) is 2.89. The van der Waals surface area contributed by atoms with Crippen LogP contribution >= 0.6 is 0 Å². The van der Waals surface area contributed by atoms with Gasteiger partial charge in [-0.25, -0.2) is 13.2 Å². The van der Waals surface area contributed by atoms with Gasteiger partial charge in [0, 0.05) is 5.56 Å². The number of hydrogen-bond donors (Lipinski definition) is 0. The molecule has 1 aromatic carbocycles. The molecule has 78 valence electrons. The second-order valence-corrected chi connectivity index (χ2v) is 2.89. The molecule has 0 aliphatic heterocycles. The van der Waals surface area contributed by atoms with Crippen LogP contribution in [0, 0.1) is 17.1 Å². The third-order valence-electron chi connectivity index (χ3n) is 1.86. The Bertz CT molecular complexity index is 449. The largest absolute Gasteiger partial charge is 0.294 e. The number of carbonyl (C=O) groups is 1. The lowest BCUT2D eigenvalue weighted by Gasteiger charge is -2.07. The number of ketones is 1. The molecule has 1 aromatic rings. The van der Waals surface area contributed by atoms with Gasteiger partial charge in [0.25, 0.3) is 6.43 Å². The van der Waals surface area contributed by atoms with Gasteiger partial charge in [0.15, 0.2) is 5.78 Å². The quantitative estimate of drug-likeness (QED) is 0.708. The Balaban J connectivity index is 3.51. The zero-order valence-corrected chi connectivity index (χ0v) is 7.72. The molecule has 0 aromatic heterocycles. The van der Waals surface area contributed by atoms with E-state index < -0.39 is 29.2 Å². The van der Waals surface area contributed by atoms with E-state index in [9.17, 15) is 18.0 Å². The fourth-order valence-electron chi connectivity index (χ4n) is 1.20. The summed E-state index contributed by atoms with van der Waals surface area (Å²) in [7, 11) is 0. The van der Waals surface area contributed by atoms with Crippen molar-refractivity contribution in [2.24, 2.45) is 0 Å². The van der Waals surface area contributed by atoms with E-state index in [4.69, 9.17) is 5.26 Å². The molecule has 0 heterocycles. The monoisotopic (exact) mass is 213 g/mol. The Morgan fingerprint density at radius 3 is 2.47 bits per heavy atom. The van der Waals surface area contributed by atoms with Crippen molar-refractivity contribution in [1.29, 1.82) is 5.26 Å². The Kier molecular flexibility index (Phi) is 3.10. The summed E-state index contributed by atoms with van der Waals surface area (Å²) in [5, 5.41) is 8.48. The smallest absolute Gasteiger partial charge is 0.267 e. The highest BCUT2D eigenvalue weighted by Gasteiger charge is 2.21. The summed E-state index contributed by atoms with van der Waals surface area (Å²) in [6.45, 7) is 1.04. The Morgan fingerprint density at radius 2 is 2.07 bits per heavy atom. The number of Topliss-reactive ketones (excluding diaryl/α,β-unsaturated/α-hetero) is 1. The minimum Gasteiger partial charge on any atom is -0.294 e. The molecule has 5 heteroatoms. The first-order valence-electron chi connectivity index (χ1n) is 4.00. The number of rotatable bonds is 2. The molecule has 0 unspecified atom stereocenters. The minimum absolute atomic E-state index is 0.151. The lowest BCUT2D eigenvalue weighted by molar-refractivity contribution is 0.0995. The lowest BCUT2D eigenvalue weighted by atomic mass is 10.0. The van der Waals surface area contributed by atoms with Crippen LogP contribution in [0.15, 0.2) is 12.1 Å². The summed E-state index contributed by atoms with van der Waals surface area (Å²) in [6.07, 6.45) is -3.07. The van der Waals surface area contributed by atoms with Crippen LogP contribution in [0.25, 0.3) is 0 Å². The van der Waals surface area contributed by atoms with Crippen LogP contribution in [0.3, 0.4) is 0 Å². The number of alkyl halides is 2. The molecule has 0 radical (unpaired) electrons. The molecule has 0 spiro atoms. The van der Waals surface area contributed by atoms with Gasteiger partial charge in [0.05, 0.1) is 17.2 Å². The van der Waals surface area contributed by atoms with Crippen LogP contribution in [-0.2, 0) is 0 Å². The highest BCUT2D eigenvalue weighted by atomic mass is 19.3. The Morgan fingerprint density at radius 1 is 1.47 bits per heavy atom. The van der Waals surface area contributed by atoms with Crippen molar-refractivity contribution < 1.29 is 18.0 Å². The van der Waals surface area contributed by atoms with Gasteiger partial charge in [-0.2, -0.15) is 5.26 Å². The van der Waals surface area contributed by atoms with Crippen molar-refractivity contribution >= 4 is 5.78 Å². The van der Waals surface area contributed by atoms with Crippen LogP contribution in [-0.4, -0.2) is 5.78 Å². The summed E-state index contributed by atoms with van der Waals surface area (Å²) >= 11 is 0.